The van der Waals surface area contributed by atoms with E-state index >= 15 is 0 Å². The van der Waals surface area contributed by atoms with Crippen LogP contribution in [0.1, 0.15) is 39.5 Å². The molecule has 1 rings (SSSR count). The second kappa shape index (κ2) is 2.94. The predicted octanol–water partition coefficient (Wildman–Crippen LogP) is 1.52. The van der Waals surface area contributed by atoms with E-state index in [1.807, 2.05) is 13.8 Å². The number of hydrogen-bond donors (Lipinski definition) is 1. The molecular formula is C9H16O2. The first-order valence-electron chi connectivity index (χ1n) is 4.32. The number of carbonyl (C=O) groups excluding carboxylic acids is 1. The molecular weight excluding hydrogens is 140 g/mol. The Hall–Kier alpha value is -0.370. The summed E-state index contributed by atoms with van der Waals surface area (Å²) in [7, 11) is 0. The summed E-state index contributed by atoms with van der Waals surface area (Å²) in [6.45, 7) is 3.84. The van der Waals surface area contributed by atoms with E-state index in [2.05, 4.69) is 0 Å². The molecule has 2 heteroatoms. The molecule has 11 heavy (non-hydrogen) atoms. The Morgan fingerprint density at radius 2 is 2.36 bits per heavy atom. The minimum absolute atomic E-state index is 0.235. The molecule has 1 saturated carbocycles. The van der Waals surface area contributed by atoms with Gasteiger partial charge in [0.15, 0.2) is 0 Å². The molecule has 2 nitrogen and oxygen atoms in total. The second-order valence-corrected chi connectivity index (χ2v) is 3.60. The molecule has 0 bridgehead atoms. The van der Waals surface area contributed by atoms with E-state index < -0.39 is 11.5 Å². The Bertz CT molecular complexity index is 165. The minimum atomic E-state index is -0.446. The first kappa shape index (κ1) is 8.72. The molecule has 0 radical (unpaired) electrons. The summed E-state index contributed by atoms with van der Waals surface area (Å²) in [6.07, 6.45) is 2.65. The van der Waals surface area contributed by atoms with E-state index in [1.54, 1.807) is 0 Å². The lowest BCUT2D eigenvalue weighted by Crippen LogP contribution is -2.42. The van der Waals surface area contributed by atoms with E-state index in [1.165, 1.54) is 0 Å². The third-order valence-electron chi connectivity index (χ3n) is 2.99. The van der Waals surface area contributed by atoms with Crippen molar-refractivity contribution < 1.29 is 9.90 Å². The first-order chi connectivity index (χ1) is 5.11. The number of hydrogen-bond acceptors (Lipinski definition) is 2. The Balaban J connectivity index is 2.77. The van der Waals surface area contributed by atoms with E-state index in [0.29, 0.717) is 6.42 Å². The third kappa shape index (κ3) is 1.32. The van der Waals surface area contributed by atoms with Gasteiger partial charge in [-0.2, -0.15) is 0 Å². The van der Waals surface area contributed by atoms with Gasteiger partial charge in [0.1, 0.15) is 5.78 Å². The van der Waals surface area contributed by atoms with Gasteiger partial charge in [-0.1, -0.05) is 13.8 Å². The lowest BCUT2D eigenvalue weighted by atomic mass is 9.71. The fraction of sp³-hybridized carbons (Fsp3) is 0.889. The number of Topliss-reactive ketones (excluding diaryl/α,β-unsaturated/α-hetero) is 1. The van der Waals surface area contributed by atoms with Crippen LogP contribution >= 0.6 is 0 Å². The van der Waals surface area contributed by atoms with Crippen molar-refractivity contribution in [2.75, 3.05) is 0 Å². The van der Waals surface area contributed by atoms with Crippen molar-refractivity contribution in [3.8, 4) is 0 Å². The molecule has 0 spiro atoms. The average Bonchev–Trinajstić information content (AvgIpc) is 2.00. The molecule has 0 saturated heterocycles. The van der Waals surface area contributed by atoms with Crippen LogP contribution in [-0.4, -0.2) is 17.0 Å². The lowest BCUT2D eigenvalue weighted by Gasteiger charge is -2.35. The van der Waals surface area contributed by atoms with Gasteiger partial charge in [-0.15, -0.1) is 0 Å². The Morgan fingerprint density at radius 1 is 1.73 bits per heavy atom. The number of ketones is 1. The maximum absolute atomic E-state index is 11.4. The second-order valence-electron chi connectivity index (χ2n) is 3.60. The van der Waals surface area contributed by atoms with Crippen LogP contribution < -0.4 is 0 Å². The Labute approximate surface area is 67.6 Å². The number of aliphatic hydroxyl groups excluding tert-OH is 1. The van der Waals surface area contributed by atoms with E-state index in [0.717, 1.165) is 19.3 Å². The molecule has 1 fully saturated rings. The van der Waals surface area contributed by atoms with E-state index in [4.69, 9.17) is 0 Å². The molecule has 64 valence electrons. The molecule has 1 aliphatic rings. The zero-order valence-corrected chi connectivity index (χ0v) is 7.26. The molecule has 0 aromatic heterocycles. The highest BCUT2D eigenvalue weighted by Gasteiger charge is 2.40. The maximum atomic E-state index is 11.4. The zero-order valence-electron chi connectivity index (χ0n) is 7.26. The standard InChI is InChI=1S/C9H16O2/c1-3-9(2)7(10)5-4-6-8(9)11/h7,10H,3-6H2,1-2H3/t7-,9-/m0/s1. The fourth-order valence-electron chi connectivity index (χ4n) is 1.68. The predicted molar refractivity (Wildman–Crippen MR) is 43.3 cm³/mol. The Kier molecular flexibility index (Phi) is 2.33. The number of carbonyl (C=O) groups is 1. The van der Waals surface area contributed by atoms with Crippen LogP contribution in [0.15, 0.2) is 0 Å². The van der Waals surface area contributed by atoms with Gasteiger partial charge in [0.05, 0.1) is 11.5 Å². The van der Waals surface area contributed by atoms with Gasteiger partial charge in [-0.25, -0.2) is 0 Å². The van der Waals surface area contributed by atoms with Gasteiger partial charge in [0.25, 0.3) is 0 Å². The summed E-state index contributed by atoms with van der Waals surface area (Å²) < 4.78 is 0. The summed E-state index contributed by atoms with van der Waals surface area (Å²) in [5, 5.41) is 9.58. The molecule has 0 heterocycles. The third-order valence-corrected chi connectivity index (χ3v) is 2.99. The minimum Gasteiger partial charge on any atom is -0.392 e. The molecule has 1 N–H and O–H groups in total. The number of rotatable bonds is 1. The molecule has 0 unspecified atom stereocenters. The molecule has 0 aliphatic heterocycles. The smallest absolute Gasteiger partial charge is 0.141 e. The molecule has 0 amide bonds. The van der Waals surface area contributed by atoms with Gasteiger partial charge < -0.3 is 5.11 Å². The SMILES string of the molecule is CC[C@]1(C)C(=O)CCC[C@@H]1O. The van der Waals surface area contributed by atoms with Crippen LogP contribution in [0.5, 0.6) is 0 Å². The van der Waals surface area contributed by atoms with Crippen molar-refractivity contribution in [3.63, 3.8) is 0 Å². The summed E-state index contributed by atoms with van der Waals surface area (Å²) in [5.74, 6) is 0.235. The summed E-state index contributed by atoms with van der Waals surface area (Å²) in [6, 6.07) is 0. The van der Waals surface area contributed by atoms with Crippen LogP contribution in [-0.2, 0) is 4.79 Å². The topological polar surface area (TPSA) is 37.3 Å². The summed E-state index contributed by atoms with van der Waals surface area (Å²) >= 11 is 0. The maximum Gasteiger partial charge on any atom is 0.141 e. The highest BCUT2D eigenvalue weighted by Crippen LogP contribution is 2.35. The average molecular weight is 156 g/mol. The van der Waals surface area contributed by atoms with Crippen LogP contribution in [0.2, 0.25) is 0 Å². The van der Waals surface area contributed by atoms with Crippen LogP contribution in [0.3, 0.4) is 0 Å². The van der Waals surface area contributed by atoms with Crippen molar-refractivity contribution in [2.45, 2.75) is 45.6 Å². The monoisotopic (exact) mass is 156 g/mol. The lowest BCUT2D eigenvalue weighted by molar-refractivity contribution is -0.138. The van der Waals surface area contributed by atoms with Crippen LogP contribution in [0.25, 0.3) is 0 Å². The van der Waals surface area contributed by atoms with Crippen LogP contribution in [0, 0.1) is 5.41 Å². The van der Waals surface area contributed by atoms with E-state index in [9.17, 15) is 9.90 Å². The van der Waals surface area contributed by atoms with Crippen molar-refractivity contribution in [1.82, 2.24) is 0 Å². The molecule has 0 aromatic carbocycles. The molecule has 1 aliphatic carbocycles. The summed E-state index contributed by atoms with van der Waals surface area (Å²) in [4.78, 5) is 11.4. The van der Waals surface area contributed by atoms with Gasteiger partial charge >= 0.3 is 0 Å². The normalized spacial score (nSPS) is 39.2. The highest BCUT2D eigenvalue weighted by molar-refractivity contribution is 5.85. The first-order valence-corrected chi connectivity index (χ1v) is 4.32. The summed E-state index contributed by atoms with van der Waals surface area (Å²) in [5.41, 5.74) is -0.446. The van der Waals surface area contributed by atoms with Crippen LogP contribution in [0.4, 0.5) is 0 Å². The van der Waals surface area contributed by atoms with Gasteiger partial charge in [-0.3, -0.25) is 4.79 Å². The van der Waals surface area contributed by atoms with Gasteiger partial charge in [0.2, 0.25) is 0 Å². The van der Waals surface area contributed by atoms with Gasteiger partial charge in [0, 0.05) is 6.42 Å². The van der Waals surface area contributed by atoms with Crippen molar-refractivity contribution in [1.29, 1.82) is 0 Å². The van der Waals surface area contributed by atoms with Crippen molar-refractivity contribution in [3.05, 3.63) is 0 Å². The van der Waals surface area contributed by atoms with Crippen molar-refractivity contribution >= 4 is 5.78 Å². The van der Waals surface area contributed by atoms with Crippen molar-refractivity contribution in [2.24, 2.45) is 5.41 Å². The largest absolute Gasteiger partial charge is 0.392 e. The van der Waals surface area contributed by atoms with Gasteiger partial charge in [-0.05, 0) is 19.3 Å². The number of aliphatic hydroxyl groups is 1. The fourth-order valence-corrected chi connectivity index (χ4v) is 1.68. The molecule has 2 atom stereocenters. The van der Waals surface area contributed by atoms with E-state index in [-0.39, 0.29) is 5.78 Å². The molecule has 0 aromatic rings. The highest BCUT2D eigenvalue weighted by atomic mass is 16.3. The quantitative estimate of drug-likeness (QED) is 0.625. The zero-order chi connectivity index (χ0) is 8.48. The Morgan fingerprint density at radius 3 is 2.73 bits per heavy atom.